The number of hydrogen-bond donors (Lipinski definition) is 2. The van der Waals surface area contributed by atoms with Crippen LogP contribution in [0.1, 0.15) is 25.3 Å². The summed E-state index contributed by atoms with van der Waals surface area (Å²) in [5.41, 5.74) is -0.813. The lowest BCUT2D eigenvalue weighted by Gasteiger charge is -2.22. The number of carbonyl (C=O) groups is 2. The van der Waals surface area contributed by atoms with Crippen LogP contribution in [0, 0.1) is 0 Å². The van der Waals surface area contributed by atoms with Crippen molar-refractivity contribution in [1.82, 2.24) is 15.2 Å². The molecule has 0 radical (unpaired) electrons. The molecule has 24 heavy (non-hydrogen) atoms. The highest BCUT2D eigenvalue weighted by Gasteiger charge is 2.32. The Kier molecular flexibility index (Phi) is 5.63. The van der Waals surface area contributed by atoms with Gasteiger partial charge in [-0.2, -0.15) is 13.2 Å². The summed E-state index contributed by atoms with van der Waals surface area (Å²) >= 11 is 0. The molecule has 1 saturated heterocycles. The number of nitrogens with zero attached hydrogens (tertiary/aromatic N) is 2. The van der Waals surface area contributed by atoms with Crippen molar-refractivity contribution < 1.29 is 22.8 Å². The highest BCUT2D eigenvalue weighted by molar-refractivity contribution is 5.87. The Morgan fingerprint density at radius 3 is 2.67 bits per heavy atom. The van der Waals surface area contributed by atoms with Gasteiger partial charge in [0, 0.05) is 32.8 Å². The monoisotopic (exact) mass is 344 g/mol. The van der Waals surface area contributed by atoms with Gasteiger partial charge < -0.3 is 15.5 Å². The highest BCUT2D eigenvalue weighted by Crippen LogP contribution is 2.28. The first-order valence-corrected chi connectivity index (χ1v) is 7.61. The van der Waals surface area contributed by atoms with Crippen LogP contribution in [0.5, 0.6) is 0 Å². The molecule has 1 aliphatic heterocycles. The Balaban J connectivity index is 1.75. The van der Waals surface area contributed by atoms with Crippen molar-refractivity contribution in [2.45, 2.75) is 32.0 Å². The van der Waals surface area contributed by atoms with E-state index < -0.39 is 17.8 Å². The van der Waals surface area contributed by atoms with E-state index in [9.17, 15) is 22.8 Å². The van der Waals surface area contributed by atoms with Crippen LogP contribution in [0.25, 0.3) is 0 Å². The fraction of sp³-hybridized carbons (Fsp3) is 0.533. The van der Waals surface area contributed by atoms with Gasteiger partial charge in [-0.25, -0.2) is 4.98 Å². The van der Waals surface area contributed by atoms with E-state index >= 15 is 0 Å². The second kappa shape index (κ2) is 7.50. The zero-order valence-corrected chi connectivity index (χ0v) is 13.2. The van der Waals surface area contributed by atoms with Gasteiger partial charge in [-0.05, 0) is 25.0 Å². The second-order valence-corrected chi connectivity index (χ2v) is 5.52. The van der Waals surface area contributed by atoms with Gasteiger partial charge in [-0.1, -0.05) is 0 Å². The van der Waals surface area contributed by atoms with Crippen LogP contribution < -0.4 is 10.6 Å². The lowest BCUT2D eigenvalue weighted by molar-refractivity contribution is -0.137. The molecule has 1 aromatic rings. The maximum atomic E-state index is 12.4. The van der Waals surface area contributed by atoms with Crippen molar-refractivity contribution in [3.63, 3.8) is 0 Å². The molecule has 2 heterocycles. The predicted molar refractivity (Wildman–Crippen MR) is 81.1 cm³/mol. The van der Waals surface area contributed by atoms with Gasteiger partial charge in [-0.15, -0.1) is 0 Å². The summed E-state index contributed by atoms with van der Waals surface area (Å²) in [7, 11) is 0. The summed E-state index contributed by atoms with van der Waals surface area (Å²) in [5.74, 6) is -0.0481. The van der Waals surface area contributed by atoms with Gasteiger partial charge >= 0.3 is 6.18 Å². The van der Waals surface area contributed by atoms with E-state index in [4.69, 9.17) is 0 Å². The number of likely N-dealkylation sites (tertiary alicyclic amines) is 1. The van der Waals surface area contributed by atoms with Gasteiger partial charge in [-0.3, -0.25) is 9.59 Å². The Morgan fingerprint density at radius 1 is 1.33 bits per heavy atom. The molecule has 1 aromatic heterocycles. The van der Waals surface area contributed by atoms with E-state index in [1.807, 2.05) is 0 Å². The second-order valence-electron chi connectivity index (χ2n) is 5.52. The van der Waals surface area contributed by atoms with Gasteiger partial charge in [0.25, 0.3) is 0 Å². The molecule has 0 aliphatic carbocycles. The number of pyridine rings is 1. The standard InChI is InChI=1S/C15H19F3N4O2/c1-10(23)22-8-2-3-12(22)14(24)20-7-6-19-13-5-4-11(9-21-13)15(16,17)18/h4-5,9,12H,2-3,6-8H2,1H3,(H,19,21)(H,20,24)/t12-/m0/s1. The summed E-state index contributed by atoms with van der Waals surface area (Å²) in [6.07, 6.45) is -2.22. The molecule has 6 nitrogen and oxygen atoms in total. The predicted octanol–water partition coefficient (Wildman–Crippen LogP) is 1.64. The first kappa shape index (κ1) is 18.0. The zero-order valence-electron chi connectivity index (χ0n) is 13.2. The maximum absolute atomic E-state index is 12.4. The van der Waals surface area contributed by atoms with Gasteiger partial charge in [0.2, 0.25) is 11.8 Å². The van der Waals surface area contributed by atoms with E-state index in [1.54, 1.807) is 4.90 Å². The summed E-state index contributed by atoms with van der Waals surface area (Å²) < 4.78 is 37.2. The van der Waals surface area contributed by atoms with Crippen molar-refractivity contribution in [3.8, 4) is 0 Å². The third kappa shape index (κ3) is 4.59. The van der Waals surface area contributed by atoms with E-state index in [1.165, 1.54) is 13.0 Å². The lowest BCUT2D eigenvalue weighted by Crippen LogP contribution is -2.46. The van der Waals surface area contributed by atoms with Gasteiger partial charge in [0.15, 0.2) is 0 Å². The number of hydrogen-bond acceptors (Lipinski definition) is 4. The molecular formula is C15H19F3N4O2. The number of nitrogens with one attached hydrogen (secondary N) is 2. The van der Waals surface area contributed by atoms with Crippen molar-refractivity contribution in [3.05, 3.63) is 23.9 Å². The smallest absolute Gasteiger partial charge is 0.368 e. The molecule has 2 rings (SSSR count). The van der Waals surface area contributed by atoms with Gasteiger partial charge in [0.1, 0.15) is 11.9 Å². The molecule has 0 unspecified atom stereocenters. The van der Waals surface area contributed by atoms with Crippen molar-refractivity contribution in [2.24, 2.45) is 0 Å². The molecule has 132 valence electrons. The van der Waals surface area contributed by atoms with E-state index in [2.05, 4.69) is 15.6 Å². The summed E-state index contributed by atoms with van der Waals surface area (Å²) in [6, 6.07) is 1.74. The number of halogens is 3. The number of amides is 2. The van der Waals surface area contributed by atoms with Crippen molar-refractivity contribution in [2.75, 3.05) is 25.0 Å². The fourth-order valence-electron chi connectivity index (χ4n) is 2.58. The number of aromatic nitrogens is 1. The van der Waals surface area contributed by atoms with Crippen LogP contribution in [0.2, 0.25) is 0 Å². The van der Waals surface area contributed by atoms with Gasteiger partial charge in [0.05, 0.1) is 5.56 Å². The Hall–Kier alpha value is -2.32. The summed E-state index contributed by atoms with van der Waals surface area (Å²) in [6.45, 7) is 2.62. The van der Waals surface area contributed by atoms with Crippen LogP contribution in [-0.2, 0) is 15.8 Å². The van der Waals surface area contributed by atoms with E-state index in [0.29, 0.717) is 25.3 Å². The average Bonchev–Trinajstić information content (AvgIpc) is 3.01. The molecule has 0 bridgehead atoms. The summed E-state index contributed by atoms with van der Waals surface area (Å²) in [4.78, 5) is 28.7. The minimum absolute atomic E-state index is 0.125. The Morgan fingerprint density at radius 2 is 2.08 bits per heavy atom. The normalized spacial score (nSPS) is 17.7. The quantitative estimate of drug-likeness (QED) is 0.797. The molecule has 2 amide bonds. The number of rotatable bonds is 5. The highest BCUT2D eigenvalue weighted by atomic mass is 19.4. The molecule has 9 heteroatoms. The first-order valence-electron chi connectivity index (χ1n) is 7.61. The van der Waals surface area contributed by atoms with Crippen LogP contribution in [0.3, 0.4) is 0 Å². The molecule has 1 aliphatic rings. The van der Waals surface area contributed by atoms with Crippen LogP contribution >= 0.6 is 0 Å². The van der Waals surface area contributed by atoms with Crippen LogP contribution in [0.15, 0.2) is 18.3 Å². The average molecular weight is 344 g/mol. The van der Waals surface area contributed by atoms with E-state index in [-0.39, 0.29) is 18.4 Å². The maximum Gasteiger partial charge on any atom is 0.417 e. The van der Waals surface area contributed by atoms with Crippen LogP contribution in [-0.4, -0.2) is 47.4 Å². The Labute approximate surface area is 137 Å². The largest absolute Gasteiger partial charge is 0.417 e. The zero-order chi connectivity index (χ0) is 17.7. The minimum atomic E-state index is -4.41. The fourth-order valence-corrected chi connectivity index (χ4v) is 2.58. The lowest BCUT2D eigenvalue weighted by atomic mass is 10.2. The first-order chi connectivity index (χ1) is 11.3. The van der Waals surface area contributed by atoms with Crippen molar-refractivity contribution >= 4 is 17.6 Å². The molecule has 0 saturated carbocycles. The van der Waals surface area contributed by atoms with Crippen LogP contribution in [0.4, 0.5) is 19.0 Å². The summed E-state index contributed by atoms with van der Waals surface area (Å²) in [5, 5.41) is 5.54. The van der Waals surface area contributed by atoms with E-state index in [0.717, 1.165) is 18.7 Å². The molecule has 0 spiro atoms. The topological polar surface area (TPSA) is 74.3 Å². The SMILES string of the molecule is CC(=O)N1CCC[C@H]1C(=O)NCCNc1ccc(C(F)(F)F)cn1. The van der Waals surface area contributed by atoms with Crippen molar-refractivity contribution in [1.29, 1.82) is 0 Å². The number of anilines is 1. The minimum Gasteiger partial charge on any atom is -0.368 e. The molecule has 1 fully saturated rings. The molecule has 0 aromatic carbocycles. The number of carbonyl (C=O) groups excluding carboxylic acids is 2. The third-order valence-corrected chi connectivity index (χ3v) is 3.78. The molecule has 1 atom stereocenters. The molecular weight excluding hydrogens is 325 g/mol. The molecule has 2 N–H and O–H groups in total. The third-order valence-electron chi connectivity index (χ3n) is 3.78. The number of alkyl halides is 3. The Bertz CT molecular complexity index is 589.